The van der Waals surface area contributed by atoms with Crippen molar-refractivity contribution in [3.8, 4) is 28.4 Å². The summed E-state index contributed by atoms with van der Waals surface area (Å²) in [6.45, 7) is 6.81. The Hall–Kier alpha value is -3.66. The van der Waals surface area contributed by atoms with Gasteiger partial charge in [-0.2, -0.15) is 0 Å². The number of hydrogen-bond acceptors (Lipinski definition) is 8. The lowest BCUT2D eigenvalue weighted by atomic mass is 10.0. The van der Waals surface area contributed by atoms with Crippen molar-refractivity contribution < 1.29 is 19.0 Å². The molecule has 9 nitrogen and oxygen atoms in total. The quantitative estimate of drug-likeness (QED) is 0.251. The highest BCUT2D eigenvalue weighted by Crippen LogP contribution is 2.47. The van der Waals surface area contributed by atoms with E-state index < -0.39 is 6.09 Å². The number of ether oxygens (including phenoxy) is 3. The number of halogens is 2. The van der Waals surface area contributed by atoms with Gasteiger partial charge < -0.3 is 14.2 Å². The predicted octanol–water partition coefficient (Wildman–Crippen LogP) is 6.47. The summed E-state index contributed by atoms with van der Waals surface area (Å²) in [6, 6.07) is 8.58. The molecule has 11 heteroatoms. The smallest absolute Gasteiger partial charge is 0.417 e. The molecule has 4 aromatic rings. The normalized spacial score (nSPS) is 11.0. The lowest BCUT2D eigenvalue weighted by molar-refractivity contribution is 0.215. The molecule has 0 fully saturated rings. The fourth-order valence-electron chi connectivity index (χ4n) is 3.95. The van der Waals surface area contributed by atoms with Crippen LogP contribution in [0.15, 0.2) is 48.9 Å². The summed E-state index contributed by atoms with van der Waals surface area (Å²) < 4.78 is 16.4. The minimum atomic E-state index is -0.692. The molecular weight excluding hydrogens is 529 g/mol. The molecule has 0 saturated heterocycles. The molecule has 0 aliphatic carbocycles. The number of anilines is 1. The zero-order chi connectivity index (χ0) is 27.2. The summed E-state index contributed by atoms with van der Waals surface area (Å²) >= 11 is 13.3. The summed E-state index contributed by atoms with van der Waals surface area (Å²) in [6.07, 6.45) is 3.94. The maximum Gasteiger partial charge on any atom is 0.417 e. The fourth-order valence-corrected chi connectivity index (χ4v) is 4.65. The van der Waals surface area contributed by atoms with Crippen molar-refractivity contribution in [3.05, 3.63) is 64.7 Å². The maximum absolute atomic E-state index is 12.7. The summed E-state index contributed by atoms with van der Waals surface area (Å²) in [5.41, 5.74) is 3.23. The predicted molar refractivity (Wildman–Crippen MR) is 149 cm³/mol. The number of rotatable bonds is 9. The van der Waals surface area contributed by atoms with Crippen LogP contribution in [-0.4, -0.2) is 53.3 Å². The standard InChI is InChI=1S/C27H27Cl2N5O4/c1-5-34(6-2)15-17-8-7-16(14-32-17)33-27(35)38-19-10-9-18(25-26(19)31-12-11-30-25)22-23(28)20(36-3)13-21(37-4)24(22)29/h7-14H,5-6,15H2,1-4H3,(H,33,35). The van der Waals surface area contributed by atoms with Gasteiger partial charge in [0.1, 0.15) is 22.5 Å². The Kier molecular flexibility index (Phi) is 8.83. The molecule has 1 N–H and O–H groups in total. The molecule has 0 aliphatic rings. The van der Waals surface area contributed by atoms with Crippen LogP contribution < -0.4 is 19.5 Å². The fraction of sp³-hybridized carbons (Fsp3) is 0.259. The van der Waals surface area contributed by atoms with Crippen LogP contribution >= 0.6 is 23.2 Å². The number of benzene rings is 2. The van der Waals surface area contributed by atoms with Gasteiger partial charge in [-0.1, -0.05) is 37.0 Å². The Morgan fingerprint density at radius 2 is 1.55 bits per heavy atom. The average molecular weight is 556 g/mol. The van der Waals surface area contributed by atoms with E-state index in [1.54, 1.807) is 30.5 Å². The minimum absolute atomic E-state index is 0.211. The first-order valence-electron chi connectivity index (χ1n) is 11.9. The van der Waals surface area contributed by atoms with E-state index in [9.17, 15) is 4.79 Å². The van der Waals surface area contributed by atoms with E-state index in [1.807, 2.05) is 6.07 Å². The van der Waals surface area contributed by atoms with Crippen molar-refractivity contribution in [1.29, 1.82) is 0 Å². The van der Waals surface area contributed by atoms with E-state index in [-0.39, 0.29) is 15.8 Å². The third kappa shape index (κ3) is 5.75. The molecular formula is C27H27Cl2N5O4. The van der Waals surface area contributed by atoms with Gasteiger partial charge in [-0.15, -0.1) is 0 Å². The number of fused-ring (bicyclic) bond motifs is 1. The zero-order valence-corrected chi connectivity index (χ0v) is 22.9. The van der Waals surface area contributed by atoms with E-state index >= 15 is 0 Å². The number of carbonyl (C=O) groups excluding carboxylic acids is 1. The van der Waals surface area contributed by atoms with Gasteiger partial charge in [0, 0.05) is 36.1 Å². The highest BCUT2D eigenvalue weighted by molar-refractivity contribution is 6.41. The highest BCUT2D eigenvalue weighted by atomic mass is 35.5. The molecule has 0 aliphatic heterocycles. The Labute approximate surface area is 230 Å². The molecule has 198 valence electrons. The largest absolute Gasteiger partial charge is 0.495 e. The number of hydrogen-bond donors (Lipinski definition) is 1. The molecule has 2 aromatic carbocycles. The number of nitrogens with one attached hydrogen (secondary N) is 1. The van der Waals surface area contributed by atoms with Gasteiger partial charge in [0.25, 0.3) is 0 Å². The van der Waals surface area contributed by atoms with Crippen LogP contribution in [0.4, 0.5) is 10.5 Å². The summed E-state index contributed by atoms with van der Waals surface area (Å²) in [5.74, 6) is 0.982. The van der Waals surface area contributed by atoms with Crippen LogP contribution in [0.25, 0.3) is 22.2 Å². The van der Waals surface area contributed by atoms with Crippen molar-refractivity contribution >= 4 is 46.0 Å². The lowest BCUT2D eigenvalue weighted by Crippen LogP contribution is -2.22. The molecule has 0 saturated carbocycles. The van der Waals surface area contributed by atoms with Gasteiger partial charge in [0.2, 0.25) is 0 Å². The van der Waals surface area contributed by atoms with E-state index in [4.69, 9.17) is 37.4 Å². The van der Waals surface area contributed by atoms with E-state index in [0.717, 1.165) is 25.3 Å². The molecule has 0 spiro atoms. The Morgan fingerprint density at radius 1 is 0.895 bits per heavy atom. The van der Waals surface area contributed by atoms with Crippen LogP contribution in [0.2, 0.25) is 10.0 Å². The van der Waals surface area contributed by atoms with Crippen LogP contribution in [0.3, 0.4) is 0 Å². The highest BCUT2D eigenvalue weighted by Gasteiger charge is 2.22. The van der Waals surface area contributed by atoms with E-state index in [2.05, 4.69) is 39.0 Å². The van der Waals surface area contributed by atoms with Crippen molar-refractivity contribution in [2.45, 2.75) is 20.4 Å². The average Bonchev–Trinajstić information content (AvgIpc) is 2.94. The van der Waals surface area contributed by atoms with Gasteiger partial charge in [-0.3, -0.25) is 20.2 Å². The Morgan fingerprint density at radius 3 is 2.13 bits per heavy atom. The third-order valence-electron chi connectivity index (χ3n) is 5.98. The first kappa shape index (κ1) is 27.4. The topological polar surface area (TPSA) is 98.7 Å². The van der Waals surface area contributed by atoms with Crippen LogP contribution in [0.5, 0.6) is 17.2 Å². The van der Waals surface area contributed by atoms with Crippen LogP contribution in [0.1, 0.15) is 19.5 Å². The number of aromatic nitrogens is 3. The number of amides is 1. The van der Waals surface area contributed by atoms with Gasteiger partial charge >= 0.3 is 6.09 Å². The first-order valence-corrected chi connectivity index (χ1v) is 12.7. The number of nitrogens with zero attached hydrogens (tertiary/aromatic N) is 4. The number of carbonyl (C=O) groups is 1. The summed E-state index contributed by atoms with van der Waals surface area (Å²) in [5, 5.41) is 3.27. The lowest BCUT2D eigenvalue weighted by Gasteiger charge is -2.17. The summed E-state index contributed by atoms with van der Waals surface area (Å²) in [4.78, 5) is 28.3. The van der Waals surface area contributed by atoms with Crippen LogP contribution in [-0.2, 0) is 6.54 Å². The van der Waals surface area contributed by atoms with E-state index in [0.29, 0.717) is 39.3 Å². The Bertz CT molecular complexity index is 1420. The molecule has 0 bridgehead atoms. The van der Waals surface area contributed by atoms with Gasteiger partial charge in [-0.05, 0) is 37.4 Å². The van der Waals surface area contributed by atoms with Crippen molar-refractivity contribution in [3.63, 3.8) is 0 Å². The van der Waals surface area contributed by atoms with E-state index in [1.165, 1.54) is 26.6 Å². The third-order valence-corrected chi connectivity index (χ3v) is 6.74. The maximum atomic E-state index is 12.7. The number of methoxy groups -OCH3 is 2. The van der Waals surface area contributed by atoms with Gasteiger partial charge in [-0.25, -0.2) is 9.78 Å². The van der Waals surface area contributed by atoms with Crippen molar-refractivity contribution in [2.75, 3.05) is 32.6 Å². The second kappa shape index (κ2) is 12.3. The zero-order valence-electron chi connectivity index (χ0n) is 21.4. The van der Waals surface area contributed by atoms with Gasteiger partial charge in [0.05, 0.1) is 41.8 Å². The molecule has 4 rings (SSSR count). The number of pyridine rings is 1. The minimum Gasteiger partial charge on any atom is -0.495 e. The van der Waals surface area contributed by atoms with Gasteiger partial charge in [0.15, 0.2) is 5.75 Å². The molecule has 38 heavy (non-hydrogen) atoms. The molecule has 2 aromatic heterocycles. The monoisotopic (exact) mass is 555 g/mol. The second-order valence-corrected chi connectivity index (χ2v) is 8.92. The molecule has 0 atom stereocenters. The van der Waals surface area contributed by atoms with Crippen LogP contribution in [0, 0.1) is 0 Å². The SMILES string of the molecule is CCN(CC)Cc1ccc(NC(=O)Oc2ccc(-c3c(Cl)c(OC)cc(OC)c3Cl)c3nccnc23)cn1. The molecule has 2 heterocycles. The molecule has 1 amide bonds. The second-order valence-electron chi connectivity index (χ2n) is 8.16. The summed E-state index contributed by atoms with van der Waals surface area (Å²) in [7, 11) is 3.00. The molecule has 0 radical (unpaired) electrons. The Balaban J connectivity index is 1.61. The van der Waals surface area contributed by atoms with Crippen molar-refractivity contribution in [1.82, 2.24) is 19.9 Å². The first-order chi connectivity index (χ1) is 18.4. The van der Waals surface area contributed by atoms with Crippen molar-refractivity contribution in [2.24, 2.45) is 0 Å². The molecule has 0 unspecified atom stereocenters.